The third-order valence-electron chi connectivity index (χ3n) is 4.22. The summed E-state index contributed by atoms with van der Waals surface area (Å²) in [5.41, 5.74) is 0. The molecule has 1 aliphatic rings. The number of amides is 1. The maximum atomic E-state index is 12.3. The van der Waals surface area contributed by atoms with Crippen molar-refractivity contribution < 1.29 is 4.79 Å². The van der Waals surface area contributed by atoms with Crippen LogP contribution in [0.4, 0.5) is 0 Å². The van der Waals surface area contributed by atoms with Crippen molar-refractivity contribution in [2.45, 2.75) is 31.2 Å². The Morgan fingerprint density at radius 1 is 1.25 bits per heavy atom. The molecule has 1 amide bonds. The summed E-state index contributed by atoms with van der Waals surface area (Å²) in [5.74, 6) is 1.29. The molecule has 1 unspecified atom stereocenters. The highest BCUT2D eigenvalue weighted by Crippen LogP contribution is 2.21. The summed E-state index contributed by atoms with van der Waals surface area (Å²) in [6.07, 6.45) is 0.541. The van der Waals surface area contributed by atoms with E-state index in [-0.39, 0.29) is 11.9 Å². The van der Waals surface area contributed by atoms with Crippen LogP contribution >= 0.6 is 23.4 Å². The lowest BCUT2D eigenvalue weighted by Crippen LogP contribution is -2.52. The van der Waals surface area contributed by atoms with Gasteiger partial charge in [0.1, 0.15) is 6.04 Å². The Labute approximate surface area is 153 Å². The summed E-state index contributed by atoms with van der Waals surface area (Å²) < 4.78 is 0. The number of nitrogens with zero attached hydrogens (tertiary/aromatic N) is 3. The van der Waals surface area contributed by atoms with Gasteiger partial charge in [-0.15, -0.1) is 11.8 Å². The molecule has 0 saturated carbocycles. The average Bonchev–Trinajstić information content (AvgIpc) is 2.57. The zero-order chi connectivity index (χ0) is 17.5. The molecule has 24 heavy (non-hydrogen) atoms. The van der Waals surface area contributed by atoms with Gasteiger partial charge in [-0.3, -0.25) is 9.69 Å². The molecule has 1 aromatic carbocycles. The fourth-order valence-corrected chi connectivity index (χ4v) is 3.81. The van der Waals surface area contributed by atoms with E-state index in [2.05, 4.69) is 24.8 Å². The summed E-state index contributed by atoms with van der Waals surface area (Å²) in [6, 6.07) is 10.0. The Morgan fingerprint density at radius 2 is 1.88 bits per heavy atom. The Kier molecular flexibility index (Phi) is 7.41. The van der Waals surface area contributed by atoms with E-state index in [1.165, 1.54) is 0 Å². The lowest BCUT2D eigenvalue weighted by atomic mass is 10.0. The molecule has 1 atom stereocenters. The standard InChI is InChI=1S/C18H24ClN3OS/c1-14(2)17(13-20)21-8-10-22(11-9-21)18(23)7-12-24-16-5-3-15(19)4-6-16/h3-6,14,17H,7-12H2,1-2H3. The van der Waals surface area contributed by atoms with Crippen LogP contribution in [0.1, 0.15) is 20.3 Å². The normalized spacial score (nSPS) is 16.9. The lowest BCUT2D eigenvalue weighted by molar-refractivity contribution is -0.132. The second-order valence-corrected chi connectivity index (χ2v) is 7.89. The van der Waals surface area contributed by atoms with Gasteiger partial charge in [-0.05, 0) is 30.2 Å². The monoisotopic (exact) mass is 365 g/mol. The first-order chi connectivity index (χ1) is 11.5. The zero-order valence-electron chi connectivity index (χ0n) is 14.2. The van der Waals surface area contributed by atoms with Crippen LogP contribution in [-0.2, 0) is 4.79 Å². The number of hydrogen-bond donors (Lipinski definition) is 0. The number of nitriles is 1. The highest BCUT2D eigenvalue weighted by Gasteiger charge is 2.27. The van der Waals surface area contributed by atoms with Crippen molar-refractivity contribution in [2.75, 3.05) is 31.9 Å². The van der Waals surface area contributed by atoms with Crippen molar-refractivity contribution in [1.29, 1.82) is 5.26 Å². The highest BCUT2D eigenvalue weighted by molar-refractivity contribution is 7.99. The summed E-state index contributed by atoms with van der Waals surface area (Å²) in [4.78, 5) is 17.6. The van der Waals surface area contributed by atoms with Crippen molar-refractivity contribution in [2.24, 2.45) is 5.92 Å². The molecule has 6 heteroatoms. The Bertz CT molecular complexity index is 577. The fraction of sp³-hybridized carbons (Fsp3) is 0.556. The molecule has 1 saturated heterocycles. The van der Waals surface area contributed by atoms with Crippen LogP contribution in [0.15, 0.2) is 29.2 Å². The number of piperazine rings is 1. The molecule has 0 aromatic heterocycles. The van der Waals surface area contributed by atoms with Crippen LogP contribution in [0.25, 0.3) is 0 Å². The van der Waals surface area contributed by atoms with Crippen molar-refractivity contribution in [1.82, 2.24) is 9.80 Å². The van der Waals surface area contributed by atoms with E-state index < -0.39 is 0 Å². The Hall–Kier alpha value is -1.22. The minimum Gasteiger partial charge on any atom is -0.340 e. The van der Waals surface area contributed by atoms with E-state index >= 15 is 0 Å². The quantitative estimate of drug-likeness (QED) is 0.724. The number of carbonyl (C=O) groups excluding carboxylic acids is 1. The SMILES string of the molecule is CC(C)C(C#N)N1CCN(C(=O)CCSc2ccc(Cl)cc2)CC1. The summed E-state index contributed by atoms with van der Waals surface area (Å²) in [5, 5.41) is 10.0. The van der Waals surface area contributed by atoms with Crippen LogP contribution in [-0.4, -0.2) is 53.7 Å². The molecular weight excluding hydrogens is 342 g/mol. The molecule has 1 heterocycles. The second-order valence-electron chi connectivity index (χ2n) is 6.29. The summed E-state index contributed by atoms with van der Waals surface area (Å²) in [7, 11) is 0. The molecule has 0 bridgehead atoms. The molecule has 2 rings (SSSR count). The molecule has 0 radical (unpaired) electrons. The number of halogens is 1. The van der Waals surface area contributed by atoms with Crippen molar-refractivity contribution in [3.05, 3.63) is 29.3 Å². The van der Waals surface area contributed by atoms with Gasteiger partial charge in [0.15, 0.2) is 0 Å². The largest absolute Gasteiger partial charge is 0.340 e. The van der Waals surface area contributed by atoms with E-state index in [0.29, 0.717) is 12.3 Å². The lowest BCUT2D eigenvalue weighted by Gasteiger charge is -2.38. The highest BCUT2D eigenvalue weighted by atomic mass is 35.5. The Morgan fingerprint density at radius 3 is 2.42 bits per heavy atom. The maximum absolute atomic E-state index is 12.3. The zero-order valence-corrected chi connectivity index (χ0v) is 15.8. The van der Waals surface area contributed by atoms with Gasteiger partial charge in [0, 0.05) is 48.3 Å². The fourth-order valence-electron chi connectivity index (χ4n) is 2.85. The van der Waals surface area contributed by atoms with E-state index in [9.17, 15) is 10.1 Å². The van der Waals surface area contributed by atoms with Gasteiger partial charge in [-0.2, -0.15) is 5.26 Å². The minimum absolute atomic E-state index is 0.0530. The summed E-state index contributed by atoms with van der Waals surface area (Å²) >= 11 is 7.54. The average molecular weight is 366 g/mol. The minimum atomic E-state index is -0.0530. The van der Waals surface area contributed by atoms with Crippen molar-refractivity contribution in [3.63, 3.8) is 0 Å². The van der Waals surface area contributed by atoms with Crippen LogP contribution in [0.5, 0.6) is 0 Å². The third-order valence-corrected chi connectivity index (χ3v) is 5.49. The van der Waals surface area contributed by atoms with Crippen molar-refractivity contribution >= 4 is 29.3 Å². The molecular formula is C18H24ClN3OS. The van der Waals surface area contributed by atoms with Crippen LogP contribution < -0.4 is 0 Å². The van der Waals surface area contributed by atoms with Crippen LogP contribution in [0.3, 0.4) is 0 Å². The van der Waals surface area contributed by atoms with Gasteiger partial charge < -0.3 is 4.90 Å². The molecule has 130 valence electrons. The number of carbonyl (C=O) groups is 1. The Balaban J connectivity index is 1.73. The van der Waals surface area contributed by atoms with Gasteiger partial charge in [-0.25, -0.2) is 0 Å². The van der Waals surface area contributed by atoms with E-state index in [1.807, 2.05) is 29.2 Å². The van der Waals surface area contributed by atoms with Gasteiger partial charge in [0.25, 0.3) is 0 Å². The third kappa shape index (κ3) is 5.41. The smallest absolute Gasteiger partial charge is 0.223 e. The first kappa shape index (κ1) is 19.1. The van der Waals surface area contributed by atoms with Crippen LogP contribution in [0, 0.1) is 17.2 Å². The molecule has 1 aromatic rings. The number of rotatable bonds is 6. The molecule has 0 spiro atoms. The second kappa shape index (κ2) is 9.31. The first-order valence-corrected chi connectivity index (χ1v) is 9.67. The number of hydrogen-bond acceptors (Lipinski definition) is 4. The predicted octanol–water partition coefficient (Wildman–Crippen LogP) is 3.51. The molecule has 1 aliphatic heterocycles. The predicted molar refractivity (Wildman–Crippen MR) is 99.2 cm³/mol. The molecule has 0 N–H and O–H groups in total. The van der Waals surface area contributed by atoms with Gasteiger partial charge in [0.05, 0.1) is 6.07 Å². The maximum Gasteiger partial charge on any atom is 0.223 e. The molecule has 1 fully saturated rings. The topological polar surface area (TPSA) is 47.3 Å². The van der Waals surface area contributed by atoms with Gasteiger partial charge >= 0.3 is 0 Å². The molecule has 4 nitrogen and oxygen atoms in total. The molecule has 0 aliphatic carbocycles. The van der Waals surface area contributed by atoms with E-state index in [1.54, 1.807) is 11.8 Å². The number of benzene rings is 1. The summed E-state index contributed by atoms with van der Waals surface area (Å²) in [6.45, 7) is 7.14. The van der Waals surface area contributed by atoms with Gasteiger partial charge in [-0.1, -0.05) is 25.4 Å². The number of thioether (sulfide) groups is 1. The van der Waals surface area contributed by atoms with Crippen molar-refractivity contribution in [3.8, 4) is 6.07 Å². The van der Waals surface area contributed by atoms with Crippen LogP contribution in [0.2, 0.25) is 5.02 Å². The first-order valence-electron chi connectivity index (χ1n) is 8.31. The van der Waals surface area contributed by atoms with E-state index in [0.717, 1.165) is 41.8 Å². The van der Waals surface area contributed by atoms with Gasteiger partial charge in [0.2, 0.25) is 5.91 Å². The van der Waals surface area contributed by atoms with E-state index in [4.69, 9.17) is 11.6 Å².